The van der Waals surface area contributed by atoms with Crippen LogP contribution in [0.1, 0.15) is 35.0 Å². The molecule has 5 heteroatoms. The van der Waals surface area contributed by atoms with Gasteiger partial charge in [0.1, 0.15) is 4.88 Å². The van der Waals surface area contributed by atoms with Gasteiger partial charge < -0.3 is 9.84 Å². The Balaban J connectivity index is 2.05. The summed E-state index contributed by atoms with van der Waals surface area (Å²) in [6.45, 7) is 4.47. The fourth-order valence-electron chi connectivity index (χ4n) is 2.38. The maximum atomic E-state index is 11.2. The van der Waals surface area contributed by atoms with E-state index in [1.54, 1.807) is 7.11 Å². The number of rotatable bonds is 8. The molecule has 0 spiro atoms. The molecule has 1 heterocycles. The van der Waals surface area contributed by atoms with Gasteiger partial charge in [0.05, 0.1) is 6.61 Å². The molecular formula is C14H21NO3S. The van der Waals surface area contributed by atoms with E-state index in [4.69, 9.17) is 4.74 Å². The van der Waals surface area contributed by atoms with Crippen LogP contribution in [0, 0.1) is 5.92 Å². The summed E-state index contributed by atoms with van der Waals surface area (Å²) >= 11 is 1.30. The monoisotopic (exact) mass is 283 g/mol. The van der Waals surface area contributed by atoms with Gasteiger partial charge in [-0.3, -0.25) is 4.90 Å². The Labute approximate surface area is 118 Å². The van der Waals surface area contributed by atoms with Crippen LogP contribution >= 0.6 is 11.3 Å². The third-order valence-electron chi connectivity index (χ3n) is 3.78. The Bertz CT molecular complexity index is 428. The summed E-state index contributed by atoms with van der Waals surface area (Å²) in [5.41, 5.74) is 0.918. The zero-order valence-electron chi connectivity index (χ0n) is 11.5. The second-order valence-electron chi connectivity index (χ2n) is 5.12. The molecule has 0 bridgehead atoms. The van der Waals surface area contributed by atoms with Crippen molar-refractivity contribution in [2.75, 3.05) is 20.3 Å². The van der Waals surface area contributed by atoms with Crippen LogP contribution in [0.4, 0.5) is 0 Å². The van der Waals surface area contributed by atoms with Crippen molar-refractivity contribution < 1.29 is 14.6 Å². The highest BCUT2D eigenvalue weighted by molar-refractivity contribution is 7.12. The molecule has 1 aromatic heterocycles. The number of hydrogen-bond donors (Lipinski definition) is 1. The number of carboxylic acid groups (broad SMARTS) is 1. The van der Waals surface area contributed by atoms with E-state index in [0.29, 0.717) is 24.1 Å². The molecule has 0 radical (unpaired) electrons. The lowest BCUT2D eigenvalue weighted by Crippen LogP contribution is -2.36. The highest BCUT2D eigenvalue weighted by Gasteiger charge is 2.32. The molecule has 4 nitrogen and oxygen atoms in total. The van der Waals surface area contributed by atoms with E-state index in [-0.39, 0.29) is 0 Å². The third-order valence-corrected chi connectivity index (χ3v) is 4.72. The lowest BCUT2D eigenvalue weighted by Gasteiger charge is -2.29. The molecule has 1 atom stereocenters. The molecule has 0 saturated heterocycles. The van der Waals surface area contributed by atoms with Gasteiger partial charge in [-0.2, -0.15) is 0 Å². The number of nitrogens with zero attached hydrogens (tertiary/aromatic N) is 1. The minimum absolute atomic E-state index is 0.463. The van der Waals surface area contributed by atoms with Gasteiger partial charge in [-0.05, 0) is 42.7 Å². The quantitative estimate of drug-likeness (QED) is 0.797. The maximum absolute atomic E-state index is 11.2. The summed E-state index contributed by atoms with van der Waals surface area (Å²) in [5, 5.41) is 11.0. The Hall–Kier alpha value is -0.910. The van der Waals surface area contributed by atoms with Gasteiger partial charge in [-0.15, -0.1) is 11.3 Å². The summed E-state index contributed by atoms with van der Waals surface area (Å²) in [4.78, 5) is 14.0. The third kappa shape index (κ3) is 3.78. The topological polar surface area (TPSA) is 49.8 Å². The molecule has 1 aromatic rings. The van der Waals surface area contributed by atoms with E-state index in [1.165, 1.54) is 24.2 Å². The zero-order chi connectivity index (χ0) is 13.8. The summed E-state index contributed by atoms with van der Waals surface area (Å²) in [5.74, 6) is -0.0560. The van der Waals surface area contributed by atoms with E-state index in [2.05, 4.69) is 11.8 Å². The smallest absolute Gasteiger partial charge is 0.346 e. The summed E-state index contributed by atoms with van der Waals surface area (Å²) in [7, 11) is 1.70. The van der Waals surface area contributed by atoms with E-state index in [0.717, 1.165) is 18.0 Å². The summed E-state index contributed by atoms with van der Waals surface area (Å²) in [6.07, 6.45) is 2.58. The average molecular weight is 283 g/mol. The van der Waals surface area contributed by atoms with Crippen molar-refractivity contribution in [2.24, 2.45) is 5.92 Å². The summed E-state index contributed by atoms with van der Waals surface area (Å²) in [6, 6.07) is 2.42. The van der Waals surface area contributed by atoms with Crippen LogP contribution in [0.3, 0.4) is 0 Å². The molecule has 106 valence electrons. The first-order valence-corrected chi connectivity index (χ1v) is 7.54. The number of carboxylic acids is 1. The Morgan fingerprint density at radius 1 is 1.63 bits per heavy atom. The number of aromatic carboxylic acids is 1. The molecule has 1 unspecified atom stereocenters. The zero-order valence-corrected chi connectivity index (χ0v) is 12.3. The Morgan fingerprint density at radius 2 is 2.37 bits per heavy atom. The molecule has 1 N–H and O–H groups in total. The molecule has 1 aliphatic carbocycles. The number of methoxy groups -OCH3 is 1. The van der Waals surface area contributed by atoms with Crippen LogP contribution in [0.15, 0.2) is 11.4 Å². The molecular weight excluding hydrogens is 262 g/mol. The van der Waals surface area contributed by atoms with Crippen LogP contribution in [-0.2, 0) is 11.3 Å². The van der Waals surface area contributed by atoms with E-state index in [9.17, 15) is 9.90 Å². The molecule has 0 aliphatic heterocycles. The van der Waals surface area contributed by atoms with Crippen molar-refractivity contribution >= 4 is 17.3 Å². The minimum Gasteiger partial charge on any atom is -0.477 e. The molecule has 1 saturated carbocycles. The number of ether oxygens (including phenoxy) is 1. The van der Waals surface area contributed by atoms with Crippen molar-refractivity contribution in [2.45, 2.75) is 32.4 Å². The second-order valence-corrected chi connectivity index (χ2v) is 6.04. The van der Waals surface area contributed by atoms with E-state index < -0.39 is 5.97 Å². The largest absolute Gasteiger partial charge is 0.477 e. The average Bonchev–Trinajstić information content (AvgIpc) is 3.12. The molecule has 2 rings (SSSR count). The van der Waals surface area contributed by atoms with Crippen LogP contribution in [-0.4, -0.2) is 42.3 Å². The highest BCUT2D eigenvalue weighted by atomic mass is 32.1. The molecule has 1 fully saturated rings. The molecule has 1 aliphatic rings. The normalized spacial score (nSPS) is 16.8. The van der Waals surface area contributed by atoms with Crippen molar-refractivity contribution in [3.63, 3.8) is 0 Å². The van der Waals surface area contributed by atoms with E-state index in [1.807, 2.05) is 11.4 Å². The van der Waals surface area contributed by atoms with Gasteiger partial charge in [0.2, 0.25) is 0 Å². The first-order chi connectivity index (χ1) is 9.13. The maximum Gasteiger partial charge on any atom is 0.346 e. The van der Waals surface area contributed by atoms with Crippen molar-refractivity contribution in [3.8, 4) is 0 Å². The van der Waals surface area contributed by atoms with Gasteiger partial charge in [-0.25, -0.2) is 4.79 Å². The predicted octanol–water partition coefficient (Wildman–Crippen LogP) is 2.69. The number of carbonyl (C=O) groups is 1. The van der Waals surface area contributed by atoms with Crippen LogP contribution in [0.25, 0.3) is 0 Å². The molecule has 19 heavy (non-hydrogen) atoms. The SMILES string of the molecule is COCCN(Cc1ccsc1C(=O)O)C(C)C1CC1. The van der Waals surface area contributed by atoms with Crippen molar-refractivity contribution in [1.29, 1.82) is 0 Å². The molecule has 0 amide bonds. The predicted molar refractivity (Wildman–Crippen MR) is 75.8 cm³/mol. The van der Waals surface area contributed by atoms with Crippen LogP contribution in [0.5, 0.6) is 0 Å². The lowest BCUT2D eigenvalue weighted by atomic mass is 10.1. The van der Waals surface area contributed by atoms with Crippen molar-refractivity contribution in [1.82, 2.24) is 4.90 Å². The van der Waals surface area contributed by atoms with Gasteiger partial charge in [-0.1, -0.05) is 0 Å². The number of hydrogen-bond acceptors (Lipinski definition) is 4. The van der Waals surface area contributed by atoms with Gasteiger partial charge in [0.25, 0.3) is 0 Å². The van der Waals surface area contributed by atoms with Crippen LogP contribution in [0.2, 0.25) is 0 Å². The Kier molecular flexibility index (Phi) is 4.96. The standard InChI is InChI=1S/C14H21NO3S/c1-10(11-3-4-11)15(6-7-18-2)9-12-5-8-19-13(12)14(16)17/h5,8,10-11H,3-4,6-7,9H2,1-2H3,(H,16,17). The van der Waals surface area contributed by atoms with Gasteiger partial charge in [0.15, 0.2) is 0 Å². The lowest BCUT2D eigenvalue weighted by molar-refractivity contribution is 0.0697. The summed E-state index contributed by atoms with van der Waals surface area (Å²) < 4.78 is 5.16. The van der Waals surface area contributed by atoms with E-state index >= 15 is 0 Å². The number of thiophene rings is 1. The highest BCUT2D eigenvalue weighted by Crippen LogP contribution is 2.36. The minimum atomic E-state index is -0.823. The van der Waals surface area contributed by atoms with Gasteiger partial charge >= 0.3 is 5.97 Å². The van der Waals surface area contributed by atoms with Gasteiger partial charge in [0, 0.05) is 26.2 Å². The fraction of sp³-hybridized carbons (Fsp3) is 0.643. The van der Waals surface area contributed by atoms with Crippen LogP contribution < -0.4 is 0 Å². The fourth-order valence-corrected chi connectivity index (χ4v) is 3.13. The second kappa shape index (κ2) is 6.50. The molecule has 0 aromatic carbocycles. The first-order valence-electron chi connectivity index (χ1n) is 6.66. The Morgan fingerprint density at radius 3 is 2.95 bits per heavy atom. The first kappa shape index (κ1) is 14.5. The van der Waals surface area contributed by atoms with Crippen molar-refractivity contribution in [3.05, 3.63) is 21.9 Å².